The fourth-order valence-electron chi connectivity index (χ4n) is 1.51. The molecular weight excluding hydrogens is 281 g/mol. The zero-order valence-electron chi connectivity index (χ0n) is 9.94. The van der Waals surface area contributed by atoms with Crippen molar-refractivity contribution >= 4 is 42.2 Å². The summed E-state index contributed by atoms with van der Waals surface area (Å²) >= 11 is 5.73. The van der Waals surface area contributed by atoms with Crippen LogP contribution in [-0.4, -0.2) is 32.6 Å². The number of phenols is 1. The third kappa shape index (κ3) is 2.56. The van der Waals surface area contributed by atoms with Crippen LogP contribution in [0, 0.1) is 0 Å². The number of hydrogen-bond donors (Lipinski definition) is 2. The maximum absolute atomic E-state index is 13.1. The third-order valence-corrected chi connectivity index (χ3v) is 4.30. The van der Waals surface area contributed by atoms with Gasteiger partial charge in [-0.3, -0.25) is 0 Å². The van der Waals surface area contributed by atoms with Gasteiger partial charge in [-0.1, -0.05) is 0 Å². The van der Waals surface area contributed by atoms with Crippen molar-refractivity contribution in [3.05, 3.63) is 0 Å². The molecule has 0 saturated carbocycles. The molecule has 0 amide bonds. The van der Waals surface area contributed by atoms with Gasteiger partial charge in [0.1, 0.15) is 5.69 Å². The zero-order chi connectivity index (χ0) is 13.2. The van der Waals surface area contributed by atoms with E-state index in [1.54, 1.807) is 19.0 Å². The summed E-state index contributed by atoms with van der Waals surface area (Å²) in [6, 6.07) is 0. The Labute approximate surface area is 114 Å². The molecule has 0 spiro atoms. The van der Waals surface area contributed by atoms with Gasteiger partial charge in [-0.05, 0) is 6.26 Å². The first kappa shape index (κ1) is 14.7. The van der Waals surface area contributed by atoms with Crippen molar-refractivity contribution in [1.82, 2.24) is 0 Å². The molecule has 3 nitrogen and oxygen atoms in total. The van der Waals surface area contributed by atoms with Crippen LogP contribution in [0.2, 0.25) is 0 Å². The van der Waals surface area contributed by atoms with Crippen LogP contribution in [0.4, 0.5) is 9.57 Å². The predicted octanol–water partition coefficient (Wildman–Crippen LogP) is 3.45. The van der Waals surface area contributed by atoms with E-state index in [2.05, 4.69) is 12.6 Å². The summed E-state index contributed by atoms with van der Waals surface area (Å²) < 4.78 is 18.2. The number of hydrogen-bond acceptors (Lipinski definition) is 6. The van der Waals surface area contributed by atoms with Crippen molar-refractivity contribution in [2.75, 3.05) is 32.4 Å². The second-order valence-electron chi connectivity index (χ2n) is 3.41. The van der Waals surface area contributed by atoms with Crippen molar-refractivity contribution in [1.29, 1.82) is 0 Å². The zero-order valence-corrected chi connectivity index (χ0v) is 12.5. The van der Waals surface area contributed by atoms with Gasteiger partial charge in [0.25, 0.3) is 0 Å². The van der Waals surface area contributed by atoms with E-state index >= 15 is 0 Å². The largest absolute Gasteiger partial charge is 0.503 e. The van der Waals surface area contributed by atoms with Crippen LogP contribution >= 0.6 is 36.5 Å². The summed E-state index contributed by atoms with van der Waals surface area (Å²) in [5, 5.41) is 10.1. The molecule has 0 heterocycles. The average molecular weight is 295 g/mol. The molecule has 0 atom stereocenters. The smallest absolute Gasteiger partial charge is 0.184 e. The van der Waals surface area contributed by atoms with E-state index in [4.69, 9.17) is 4.74 Å². The topological polar surface area (TPSA) is 32.7 Å². The van der Waals surface area contributed by atoms with Crippen LogP contribution in [0.3, 0.4) is 0 Å². The molecule has 1 N–H and O–H groups in total. The lowest BCUT2D eigenvalue weighted by molar-refractivity contribution is 0.361. The Bertz CT molecular complexity index is 427. The minimum Gasteiger partial charge on any atom is -0.503 e. The highest BCUT2D eigenvalue weighted by molar-refractivity contribution is 8.00. The molecule has 0 aromatic heterocycles. The highest BCUT2D eigenvalue weighted by Crippen LogP contribution is 2.52. The molecule has 0 radical (unpaired) electrons. The van der Waals surface area contributed by atoms with Crippen LogP contribution in [0.1, 0.15) is 0 Å². The SMILES string of the molecule is COc1c(O)c(N(C)C)c(SF)c(SC)c1S. The monoisotopic (exact) mass is 295 g/mol. The molecule has 7 heteroatoms. The second-order valence-corrected chi connectivity index (χ2v) is 5.24. The minimum absolute atomic E-state index is 0.0955. The van der Waals surface area contributed by atoms with Gasteiger partial charge >= 0.3 is 0 Å². The van der Waals surface area contributed by atoms with Crippen LogP contribution in [0.5, 0.6) is 11.5 Å². The number of ether oxygens (including phenoxy) is 1. The van der Waals surface area contributed by atoms with Crippen LogP contribution in [-0.2, 0) is 0 Å². The van der Waals surface area contributed by atoms with Crippen molar-refractivity contribution in [3.63, 3.8) is 0 Å². The summed E-state index contributed by atoms with van der Waals surface area (Å²) in [7, 11) is 4.91. The van der Waals surface area contributed by atoms with Gasteiger partial charge in [0.05, 0.1) is 29.0 Å². The van der Waals surface area contributed by atoms with E-state index in [1.807, 2.05) is 6.26 Å². The van der Waals surface area contributed by atoms with Crippen molar-refractivity contribution in [2.45, 2.75) is 14.7 Å². The molecule has 96 valence electrons. The number of halogens is 1. The molecule has 0 aliphatic carbocycles. The number of methoxy groups -OCH3 is 1. The Morgan fingerprint density at radius 2 is 1.94 bits per heavy atom. The lowest BCUT2D eigenvalue weighted by Crippen LogP contribution is -2.11. The number of thiol groups is 1. The fraction of sp³-hybridized carbons (Fsp3) is 0.400. The van der Waals surface area contributed by atoms with Gasteiger partial charge in [-0.25, -0.2) is 0 Å². The van der Waals surface area contributed by atoms with Gasteiger partial charge < -0.3 is 14.7 Å². The lowest BCUT2D eigenvalue weighted by atomic mass is 10.2. The highest BCUT2D eigenvalue weighted by atomic mass is 32.2. The number of aromatic hydroxyl groups is 1. The molecule has 1 rings (SSSR count). The second kappa shape index (κ2) is 5.97. The molecule has 0 aliphatic heterocycles. The van der Waals surface area contributed by atoms with E-state index in [1.165, 1.54) is 18.9 Å². The Kier molecular flexibility index (Phi) is 5.15. The predicted molar refractivity (Wildman–Crippen MR) is 75.0 cm³/mol. The lowest BCUT2D eigenvalue weighted by Gasteiger charge is -2.22. The molecular formula is C10H14FNO2S3. The first-order chi connectivity index (χ1) is 7.99. The number of nitrogens with zero attached hydrogens (tertiary/aromatic N) is 1. The summed E-state index contributed by atoms with van der Waals surface area (Å²) in [6.45, 7) is 0. The standard InChI is InChI=1S/C10H14FNO2S3/c1-12(2)5-6(13)7(14-3)8(15)10(16-4)9(5)17-11/h13,15H,1-4H3. The van der Waals surface area contributed by atoms with Gasteiger partial charge in [0.2, 0.25) is 0 Å². The van der Waals surface area contributed by atoms with E-state index in [-0.39, 0.29) is 23.6 Å². The van der Waals surface area contributed by atoms with Crippen LogP contribution in [0.15, 0.2) is 14.7 Å². The van der Waals surface area contributed by atoms with E-state index in [0.29, 0.717) is 20.4 Å². The Hall–Kier alpha value is -0.400. The number of rotatable bonds is 4. The Balaban J connectivity index is 3.68. The van der Waals surface area contributed by atoms with E-state index in [0.717, 1.165) is 0 Å². The first-order valence-electron chi connectivity index (χ1n) is 4.65. The average Bonchev–Trinajstić information content (AvgIpc) is 2.28. The quantitative estimate of drug-likeness (QED) is 0.656. The van der Waals surface area contributed by atoms with Crippen LogP contribution < -0.4 is 9.64 Å². The van der Waals surface area contributed by atoms with Gasteiger partial charge in [-0.15, -0.1) is 24.4 Å². The third-order valence-electron chi connectivity index (χ3n) is 2.22. The van der Waals surface area contributed by atoms with E-state index in [9.17, 15) is 8.99 Å². The van der Waals surface area contributed by atoms with Crippen molar-refractivity contribution < 1.29 is 13.7 Å². The Morgan fingerprint density at radius 1 is 1.35 bits per heavy atom. The minimum atomic E-state index is -0.0968. The Morgan fingerprint density at radius 3 is 2.29 bits per heavy atom. The molecule has 1 aromatic rings. The molecule has 0 saturated heterocycles. The highest BCUT2D eigenvalue weighted by Gasteiger charge is 2.24. The summed E-state index contributed by atoms with van der Waals surface area (Å²) in [5.74, 6) is 0.166. The number of phenolic OH excluding ortho intramolecular Hbond substituents is 1. The molecule has 0 bridgehead atoms. The summed E-state index contributed by atoms with van der Waals surface area (Å²) in [5.41, 5.74) is 0.400. The van der Waals surface area contributed by atoms with Gasteiger partial charge in [-0.2, -0.15) is 3.89 Å². The molecule has 0 fully saturated rings. The number of thioether (sulfide) groups is 1. The number of benzene rings is 1. The van der Waals surface area contributed by atoms with Crippen molar-refractivity contribution in [2.24, 2.45) is 0 Å². The van der Waals surface area contributed by atoms with Crippen molar-refractivity contribution in [3.8, 4) is 11.5 Å². The molecule has 0 unspecified atom stereocenters. The molecule has 1 aromatic carbocycles. The maximum atomic E-state index is 13.1. The molecule has 0 aliphatic rings. The van der Waals surface area contributed by atoms with E-state index < -0.39 is 0 Å². The fourth-order valence-corrected chi connectivity index (χ4v) is 3.61. The normalized spacial score (nSPS) is 10.5. The molecule has 17 heavy (non-hydrogen) atoms. The number of anilines is 1. The van der Waals surface area contributed by atoms with Gasteiger partial charge in [0.15, 0.2) is 11.5 Å². The maximum Gasteiger partial charge on any atom is 0.184 e. The summed E-state index contributed by atoms with van der Waals surface area (Å²) in [4.78, 5) is 3.10. The summed E-state index contributed by atoms with van der Waals surface area (Å²) in [6.07, 6.45) is 1.82. The van der Waals surface area contributed by atoms with Crippen LogP contribution in [0.25, 0.3) is 0 Å². The first-order valence-corrected chi connectivity index (χ1v) is 7.04. The van der Waals surface area contributed by atoms with Gasteiger partial charge in [0, 0.05) is 19.0 Å².